The van der Waals surface area contributed by atoms with Gasteiger partial charge >= 0.3 is 0 Å². The average Bonchev–Trinajstić information content (AvgIpc) is 2.35. The SMILES string of the molecule is COCCN(CCO)C(=O)C1COCCN1. The van der Waals surface area contributed by atoms with Gasteiger partial charge in [-0.05, 0) is 0 Å². The second-order valence-electron chi connectivity index (χ2n) is 3.62. The molecule has 94 valence electrons. The minimum Gasteiger partial charge on any atom is -0.395 e. The molecule has 1 amide bonds. The van der Waals surface area contributed by atoms with Crippen LogP contribution in [-0.2, 0) is 14.3 Å². The first-order chi connectivity index (χ1) is 7.79. The summed E-state index contributed by atoms with van der Waals surface area (Å²) in [6, 6.07) is -0.294. The number of nitrogens with zero attached hydrogens (tertiary/aromatic N) is 1. The summed E-state index contributed by atoms with van der Waals surface area (Å²) in [6.07, 6.45) is 0. The highest BCUT2D eigenvalue weighted by Crippen LogP contribution is 2.00. The molecule has 1 rings (SSSR count). The van der Waals surface area contributed by atoms with Crippen LogP contribution in [0, 0.1) is 0 Å². The van der Waals surface area contributed by atoms with Crippen molar-refractivity contribution in [2.75, 3.05) is 53.2 Å². The number of hydrogen-bond acceptors (Lipinski definition) is 5. The maximum atomic E-state index is 12.0. The van der Waals surface area contributed by atoms with Gasteiger partial charge in [0.2, 0.25) is 5.91 Å². The fourth-order valence-electron chi connectivity index (χ4n) is 1.60. The largest absolute Gasteiger partial charge is 0.395 e. The van der Waals surface area contributed by atoms with Gasteiger partial charge in [0, 0.05) is 26.7 Å². The van der Waals surface area contributed by atoms with E-state index in [-0.39, 0.29) is 18.6 Å². The minimum atomic E-state index is -0.294. The summed E-state index contributed by atoms with van der Waals surface area (Å²) >= 11 is 0. The second kappa shape index (κ2) is 7.56. The lowest BCUT2D eigenvalue weighted by atomic mass is 10.2. The molecule has 1 aliphatic rings. The number of methoxy groups -OCH3 is 1. The van der Waals surface area contributed by atoms with E-state index < -0.39 is 0 Å². The smallest absolute Gasteiger partial charge is 0.242 e. The molecule has 0 spiro atoms. The summed E-state index contributed by atoms with van der Waals surface area (Å²) < 4.78 is 10.2. The van der Waals surface area contributed by atoms with Crippen LogP contribution in [0.15, 0.2) is 0 Å². The van der Waals surface area contributed by atoms with Gasteiger partial charge in [-0.2, -0.15) is 0 Å². The van der Waals surface area contributed by atoms with Gasteiger partial charge in [0.1, 0.15) is 6.04 Å². The Bertz CT molecular complexity index is 207. The van der Waals surface area contributed by atoms with E-state index in [0.717, 1.165) is 0 Å². The van der Waals surface area contributed by atoms with Gasteiger partial charge in [-0.1, -0.05) is 0 Å². The summed E-state index contributed by atoms with van der Waals surface area (Å²) in [6.45, 7) is 2.99. The third-order valence-corrected chi connectivity index (χ3v) is 2.47. The molecule has 1 atom stereocenters. The number of morpholine rings is 1. The number of hydrogen-bond donors (Lipinski definition) is 2. The molecule has 2 N–H and O–H groups in total. The summed E-state index contributed by atoms with van der Waals surface area (Å²) in [4.78, 5) is 13.6. The van der Waals surface area contributed by atoms with Gasteiger partial charge < -0.3 is 24.8 Å². The van der Waals surface area contributed by atoms with Gasteiger partial charge in [0.15, 0.2) is 0 Å². The van der Waals surface area contributed by atoms with E-state index in [4.69, 9.17) is 14.6 Å². The van der Waals surface area contributed by atoms with Gasteiger partial charge in [-0.3, -0.25) is 4.79 Å². The summed E-state index contributed by atoms with van der Waals surface area (Å²) in [7, 11) is 1.59. The fraction of sp³-hybridized carbons (Fsp3) is 0.900. The van der Waals surface area contributed by atoms with Crippen molar-refractivity contribution >= 4 is 5.91 Å². The van der Waals surface area contributed by atoms with Crippen LogP contribution in [0.2, 0.25) is 0 Å². The first-order valence-corrected chi connectivity index (χ1v) is 5.49. The quantitative estimate of drug-likeness (QED) is 0.580. The van der Waals surface area contributed by atoms with E-state index in [2.05, 4.69) is 5.32 Å². The number of rotatable bonds is 6. The summed E-state index contributed by atoms with van der Waals surface area (Å²) in [5.74, 6) is -0.0363. The molecule has 0 aliphatic carbocycles. The molecule has 1 aliphatic heterocycles. The van der Waals surface area contributed by atoms with Crippen LogP contribution in [0.25, 0.3) is 0 Å². The maximum Gasteiger partial charge on any atom is 0.242 e. The lowest BCUT2D eigenvalue weighted by Gasteiger charge is -2.29. The van der Waals surface area contributed by atoms with Crippen molar-refractivity contribution in [3.05, 3.63) is 0 Å². The first-order valence-electron chi connectivity index (χ1n) is 5.49. The van der Waals surface area contributed by atoms with Gasteiger partial charge in [0.25, 0.3) is 0 Å². The molecule has 6 heteroatoms. The number of aliphatic hydroxyl groups is 1. The number of aliphatic hydroxyl groups excluding tert-OH is 1. The highest BCUT2D eigenvalue weighted by Gasteiger charge is 2.25. The Morgan fingerprint density at radius 1 is 1.62 bits per heavy atom. The minimum absolute atomic E-state index is 0.0363. The first kappa shape index (κ1) is 13.4. The standard InChI is InChI=1S/C10H20N2O4/c1-15-7-4-12(3-5-13)10(14)9-8-16-6-2-11-9/h9,11,13H,2-8H2,1H3. The Hall–Kier alpha value is -0.690. The van der Waals surface area contributed by atoms with E-state index in [9.17, 15) is 4.79 Å². The van der Waals surface area contributed by atoms with Crippen LogP contribution in [0.1, 0.15) is 0 Å². The number of ether oxygens (including phenoxy) is 2. The molecule has 0 aromatic carbocycles. The van der Waals surface area contributed by atoms with Crippen molar-refractivity contribution in [1.29, 1.82) is 0 Å². The van der Waals surface area contributed by atoms with Crippen molar-refractivity contribution in [1.82, 2.24) is 10.2 Å². The zero-order valence-electron chi connectivity index (χ0n) is 9.65. The summed E-state index contributed by atoms with van der Waals surface area (Å²) in [5.41, 5.74) is 0. The number of nitrogens with one attached hydrogen (secondary N) is 1. The van der Waals surface area contributed by atoms with Crippen molar-refractivity contribution in [2.45, 2.75) is 6.04 Å². The zero-order valence-corrected chi connectivity index (χ0v) is 9.65. The molecule has 0 saturated carbocycles. The lowest BCUT2D eigenvalue weighted by molar-refractivity contribution is -0.137. The Morgan fingerprint density at radius 3 is 3.00 bits per heavy atom. The Kier molecular flexibility index (Phi) is 6.32. The van der Waals surface area contributed by atoms with Crippen LogP contribution in [0.3, 0.4) is 0 Å². The average molecular weight is 232 g/mol. The molecule has 1 fully saturated rings. The van der Waals surface area contributed by atoms with Gasteiger partial charge in [-0.15, -0.1) is 0 Å². The molecule has 1 saturated heterocycles. The Balaban J connectivity index is 2.44. The third kappa shape index (κ3) is 4.05. The van der Waals surface area contributed by atoms with Crippen LogP contribution < -0.4 is 5.32 Å². The number of carbonyl (C=O) groups excluding carboxylic acids is 1. The van der Waals surface area contributed by atoms with Crippen molar-refractivity contribution in [2.24, 2.45) is 0 Å². The van der Waals surface area contributed by atoms with E-state index in [1.54, 1.807) is 12.0 Å². The summed E-state index contributed by atoms with van der Waals surface area (Å²) in [5, 5.41) is 12.0. The van der Waals surface area contributed by atoms with E-state index >= 15 is 0 Å². The van der Waals surface area contributed by atoms with Crippen LogP contribution in [0.5, 0.6) is 0 Å². The third-order valence-electron chi connectivity index (χ3n) is 2.47. The van der Waals surface area contributed by atoms with E-state index in [0.29, 0.717) is 39.5 Å². The highest BCUT2D eigenvalue weighted by molar-refractivity contribution is 5.82. The Labute approximate surface area is 95.5 Å². The molecule has 6 nitrogen and oxygen atoms in total. The predicted molar refractivity (Wildman–Crippen MR) is 58.2 cm³/mol. The van der Waals surface area contributed by atoms with E-state index in [1.807, 2.05) is 0 Å². The fourth-order valence-corrected chi connectivity index (χ4v) is 1.60. The van der Waals surface area contributed by atoms with Crippen molar-refractivity contribution in [3.63, 3.8) is 0 Å². The van der Waals surface area contributed by atoms with E-state index in [1.165, 1.54) is 0 Å². The molecule has 1 heterocycles. The van der Waals surface area contributed by atoms with Gasteiger partial charge in [0.05, 0.1) is 26.4 Å². The second-order valence-corrected chi connectivity index (χ2v) is 3.62. The maximum absolute atomic E-state index is 12.0. The van der Waals surface area contributed by atoms with Crippen molar-refractivity contribution < 1.29 is 19.4 Å². The predicted octanol–water partition coefficient (Wildman–Crippen LogP) is -1.56. The number of amides is 1. The monoisotopic (exact) mass is 232 g/mol. The number of carbonyl (C=O) groups is 1. The molecule has 16 heavy (non-hydrogen) atoms. The Morgan fingerprint density at radius 2 is 2.44 bits per heavy atom. The molecule has 0 aromatic heterocycles. The molecule has 0 radical (unpaired) electrons. The zero-order chi connectivity index (χ0) is 11.8. The molecular weight excluding hydrogens is 212 g/mol. The molecule has 0 aromatic rings. The van der Waals surface area contributed by atoms with Gasteiger partial charge in [-0.25, -0.2) is 0 Å². The normalized spacial score (nSPS) is 20.8. The topological polar surface area (TPSA) is 71.0 Å². The molecular formula is C10H20N2O4. The van der Waals surface area contributed by atoms with Crippen LogP contribution in [-0.4, -0.2) is 75.1 Å². The van der Waals surface area contributed by atoms with Crippen LogP contribution in [0.4, 0.5) is 0 Å². The molecule has 1 unspecified atom stereocenters. The lowest BCUT2D eigenvalue weighted by Crippen LogP contribution is -2.53. The molecule has 0 bridgehead atoms. The van der Waals surface area contributed by atoms with Crippen LogP contribution >= 0.6 is 0 Å². The van der Waals surface area contributed by atoms with Crippen molar-refractivity contribution in [3.8, 4) is 0 Å². The highest BCUT2D eigenvalue weighted by atomic mass is 16.5.